The van der Waals surface area contributed by atoms with Crippen LogP contribution in [-0.4, -0.2) is 32.9 Å². The SMILES string of the molecule is CC=C(OC)[C@@H]1COCCN1. The maximum Gasteiger partial charge on any atom is 0.111 e. The molecule has 64 valence electrons. The standard InChI is InChI=1S/C8H15NO2/c1-3-8(10-2)7-6-11-5-4-9-7/h3,7,9H,4-6H2,1-2H3/t7-/m0/s1. The summed E-state index contributed by atoms with van der Waals surface area (Å²) in [7, 11) is 1.69. The lowest BCUT2D eigenvalue weighted by molar-refractivity contribution is 0.0686. The van der Waals surface area contributed by atoms with Crippen molar-refractivity contribution in [2.24, 2.45) is 0 Å². The summed E-state index contributed by atoms with van der Waals surface area (Å²) in [4.78, 5) is 0. The highest BCUT2D eigenvalue weighted by Gasteiger charge is 2.16. The molecule has 0 amide bonds. The minimum absolute atomic E-state index is 0.249. The second-order valence-corrected chi connectivity index (χ2v) is 2.48. The van der Waals surface area contributed by atoms with Gasteiger partial charge in [-0.1, -0.05) is 0 Å². The first-order valence-electron chi connectivity index (χ1n) is 3.89. The topological polar surface area (TPSA) is 30.5 Å². The Balaban J connectivity index is 2.43. The van der Waals surface area contributed by atoms with E-state index in [-0.39, 0.29) is 6.04 Å². The molecule has 1 saturated heterocycles. The van der Waals surface area contributed by atoms with Gasteiger partial charge in [0.25, 0.3) is 0 Å². The van der Waals surface area contributed by atoms with Gasteiger partial charge < -0.3 is 14.8 Å². The fourth-order valence-corrected chi connectivity index (χ4v) is 1.21. The van der Waals surface area contributed by atoms with Gasteiger partial charge in [-0.2, -0.15) is 0 Å². The van der Waals surface area contributed by atoms with Gasteiger partial charge in [0, 0.05) is 6.54 Å². The highest BCUT2D eigenvalue weighted by Crippen LogP contribution is 2.05. The maximum atomic E-state index is 5.28. The summed E-state index contributed by atoms with van der Waals surface area (Å²) in [5.74, 6) is 0.963. The van der Waals surface area contributed by atoms with E-state index in [9.17, 15) is 0 Å². The Kier molecular flexibility index (Phi) is 3.39. The molecule has 0 aromatic carbocycles. The van der Waals surface area contributed by atoms with Crippen molar-refractivity contribution in [1.29, 1.82) is 0 Å². The van der Waals surface area contributed by atoms with E-state index >= 15 is 0 Å². The van der Waals surface area contributed by atoms with Crippen molar-refractivity contribution in [1.82, 2.24) is 5.32 Å². The zero-order valence-corrected chi connectivity index (χ0v) is 7.09. The Labute approximate surface area is 67.4 Å². The molecule has 0 bridgehead atoms. The van der Waals surface area contributed by atoms with Crippen LogP contribution in [-0.2, 0) is 9.47 Å². The lowest BCUT2D eigenvalue weighted by Gasteiger charge is -2.24. The molecule has 0 spiro atoms. The molecule has 1 heterocycles. The van der Waals surface area contributed by atoms with Crippen LogP contribution in [0.5, 0.6) is 0 Å². The van der Waals surface area contributed by atoms with E-state index in [1.807, 2.05) is 13.0 Å². The first-order chi connectivity index (χ1) is 5.38. The van der Waals surface area contributed by atoms with Crippen LogP contribution in [0.2, 0.25) is 0 Å². The summed E-state index contributed by atoms with van der Waals surface area (Å²) in [6, 6.07) is 0.249. The smallest absolute Gasteiger partial charge is 0.111 e. The number of morpholine rings is 1. The molecule has 3 heteroatoms. The Bertz CT molecular complexity index is 139. The Morgan fingerprint density at radius 3 is 3.00 bits per heavy atom. The number of allylic oxidation sites excluding steroid dienone is 1. The predicted octanol–water partition coefficient (Wildman–Crippen LogP) is 0.525. The van der Waals surface area contributed by atoms with Crippen molar-refractivity contribution in [2.45, 2.75) is 13.0 Å². The number of methoxy groups -OCH3 is 1. The quantitative estimate of drug-likeness (QED) is 0.593. The molecule has 1 atom stereocenters. The van der Waals surface area contributed by atoms with Crippen LogP contribution in [0.3, 0.4) is 0 Å². The molecule has 0 aromatic rings. The normalized spacial score (nSPS) is 26.7. The molecule has 1 fully saturated rings. The number of hydrogen-bond acceptors (Lipinski definition) is 3. The van der Waals surface area contributed by atoms with Gasteiger partial charge >= 0.3 is 0 Å². The molecule has 1 N–H and O–H groups in total. The van der Waals surface area contributed by atoms with Crippen LogP contribution < -0.4 is 5.32 Å². The molecule has 1 rings (SSSR count). The predicted molar refractivity (Wildman–Crippen MR) is 43.4 cm³/mol. The van der Waals surface area contributed by atoms with Crippen molar-refractivity contribution < 1.29 is 9.47 Å². The molecule has 0 aromatic heterocycles. The van der Waals surface area contributed by atoms with Crippen molar-refractivity contribution in [2.75, 3.05) is 26.9 Å². The van der Waals surface area contributed by atoms with E-state index in [0.717, 1.165) is 18.9 Å². The summed E-state index contributed by atoms with van der Waals surface area (Å²) < 4.78 is 10.4. The van der Waals surface area contributed by atoms with E-state index in [2.05, 4.69) is 5.32 Å². The zero-order chi connectivity index (χ0) is 8.10. The number of ether oxygens (including phenoxy) is 2. The van der Waals surface area contributed by atoms with E-state index in [1.54, 1.807) is 7.11 Å². The third-order valence-corrected chi connectivity index (χ3v) is 1.79. The van der Waals surface area contributed by atoms with E-state index in [4.69, 9.17) is 9.47 Å². The van der Waals surface area contributed by atoms with Crippen molar-refractivity contribution in [3.8, 4) is 0 Å². The van der Waals surface area contributed by atoms with Gasteiger partial charge in [0.1, 0.15) is 5.76 Å². The molecule has 0 saturated carbocycles. The van der Waals surface area contributed by atoms with Gasteiger partial charge in [-0.3, -0.25) is 0 Å². The number of nitrogens with one attached hydrogen (secondary N) is 1. The molecule has 0 aliphatic carbocycles. The molecule has 1 aliphatic rings. The van der Waals surface area contributed by atoms with Crippen LogP contribution in [0, 0.1) is 0 Å². The first kappa shape index (κ1) is 8.56. The third-order valence-electron chi connectivity index (χ3n) is 1.79. The summed E-state index contributed by atoms with van der Waals surface area (Å²) in [6.07, 6.45) is 1.96. The number of rotatable bonds is 2. The van der Waals surface area contributed by atoms with Crippen LogP contribution in [0.15, 0.2) is 11.8 Å². The van der Waals surface area contributed by atoms with Crippen LogP contribution in [0.4, 0.5) is 0 Å². The lowest BCUT2D eigenvalue weighted by Crippen LogP contribution is -2.42. The maximum absolute atomic E-state index is 5.28. The molecule has 11 heavy (non-hydrogen) atoms. The molecular formula is C8H15NO2. The molecule has 0 radical (unpaired) electrons. The van der Waals surface area contributed by atoms with Crippen LogP contribution in [0.1, 0.15) is 6.92 Å². The largest absolute Gasteiger partial charge is 0.500 e. The van der Waals surface area contributed by atoms with Gasteiger partial charge in [-0.25, -0.2) is 0 Å². The highest BCUT2D eigenvalue weighted by molar-refractivity contribution is 5.02. The fraction of sp³-hybridized carbons (Fsp3) is 0.750. The zero-order valence-electron chi connectivity index (χ0n) is 7.09. The average Bonchev–Trinajstić information content (AvgIpc) is 2.09. The highest BCUT2D eigenvalue weighted by atomic mass is 16.5. The second-order valence-electron chi connectivity index (χ2n) is 2.48. The van der Waals surface area contributed by atoms with Gasteiger partial charge in [-0.15, -0.1) is 0 Å². The number of hydrogen-bond donors (Lipinski definition) is 1. The molecule has 1 aliphatic heterocycles. The van der Waals surface area contributed by atoms with Crippen molar-refractivity contribution >= 4 is 0 Å². The average molecular weight is 157 g/mol. The molecule has 3 nitrogen and oxygen atoms in total. The molecular weight excluding hydrogens is 142 g/mol. The van der Waals surface area contributed by atoms with Crippen LogP contribution >= 0.6 is 0 Å². The van der Waals surface area contributed by atoms with E-state index in [1.165, 1.54) is 0 Å². The minimum atomic E-state index is 0.249. The Hall–Kier alpha value is -0.540. The van der Waals surface area contributed by atoms with Crippen molar-refractivity contribution in [3.05, 3.63) is 11.8 Å². The van der Waals surface area contributed by atoms with E-state index < -0.39 is 0 Å². The fourth-order valence-electron chi connectivity index (χ4n) is 1.21. The van der Waals surface area contributed by atoms with Gasteiger partial charge in [0.15, 0.2) is 0 Å². The Morgan fingerprint density at radius 1 is 1.73 bits per heavy atom. The minimum Gasteiger partial charge on any atom is -0.500 e. The van der Waals surface area contributed by atoms with Gasteiger partial charge in [-0.05, 0) is 13.0 Å². The monoisotopic (exact) mass is 157 g/mol. The third kappa shape index (κ3) is 2.20. The van der Waals surface area contributed by atoms with Gasteiger partial charge in [0.05, 0.1) is 26.4 Å². The Morgan fingerprint density at radius 2 is 2.55 bits per heavy atom. The first-order valence-corrected chi connectivity index (χ1v) is 3.89. The lowest BCUT2D eigenvalue weighted by atomic mass is 10.2. The van der Waals surface area contributed by atoms with Crippen LogP contribution in [0.25, 0.3) is 0 Å². The molecule has 0 unspecified atom stereocenters. The summed E-state index contributed by atoms with van der Waals surface area (Å²) in [5, 5.41) is 3.30. The second kappa shape index (κ2) is 4.36. The summed E-state index contributed by atoms with van der Waals surface area (Å²) in [5.41, 5.74) is 0. The summed E-state index contributed by atoms with van der Waals surface area (Å²) >= 11 is 0. The van der Waals surface area contributed by atoms with E-state index in [0.29, 0.717) is 6.61 Å². The summed E-state index contributed by atoms with van der Waals surface area (Å²) in [6.45, 7) is 4.39. The van der Waals surface area contributed by atoms with Crippen molar-refractivity contribution in [3.63, 3.8) is 0 Å². The van der Waals surface area contributed by atoms with Gasteiger partial charge in [0.2, 0.25) is 0 Å².